The maximum Gasteiger partial charge on any atom is 0.417 e. The molecule has 0 bridgehead atoms. The highest BCUT2D eigenvalue weighted by Gasteiger charge is 2.33. The van der Waals surface area contributed by atoms with Gasteiger partial charge in [-0.15, -0.1) is 0 Å². The zero-order valence-electron chi connectivity index (χ0n) is 10.2. The molecular formula is C14H11F3O2S. The summed E-state index contributed by atoms with van der Waals surface area (Å²) in [6.07, 6.45) is -4.52. The first-order valence-corrected chi connectivity index (χ1v) is 6.98. The average Bonchev–Trinajstić information content (AvgIpc) is 2.38. The number of halogens is 3. The average molecular weight is 300 g/mol. The van der Waals surface area contributed by atoms with Gasteiger partial charge in [-0.3, -0.25) is 0 Å². The summed E-state index contributed by atoms with van der Waals surface area (Å²) in [6.45, 7) is 0. The lowest BCUT2D eigenvalue weighted by Crippen LogP contribution is -2.08. The summed E-state index contributed by atoms with van der Waals surface area (Å²) in [4.78, 5) is 0. The van der Waals surface area contributed by atoms with Crippen molar-refractivity contribution in [2.75, 3.05) is 0 Å². The maximum atomic E-state index is 13.1. The second-order valence-electron chi connectivity index (χ2n) is 4.21. The van der Waals surface area contributed by atoms with Crippen LogP contribution in [0.2, 0.25) is 0 Å². The second kappa shape index (κ2) is 5.76. The van der Waals surface area contributed by atoms with Crippen LogP contribution in [-0.2, 0) is 23.0 Å². The van der Waals surface area contributed by atoms with Crippen molar-refractivity contribution in [1.82, 2.24) is 0 Å². The molecule has 0 saturated heterocycles. The summed E-state index contributed by atoms with van der Waals surface area (Å²) in [6, 6.07) is 11.9. The quantitative estimate of drug-likeness (QED) is 0.867. The molecule has 2 nitrogen and oxygen atoms in total. The Morgan fingerprint density at radius 3 is 2.25 bits per heavy atom. The van der Waals surface area contributed by atoms with Gasteiger partial charge >= 0.3 is 6.18 Å². The lowest BCUT2D eigenvalue weighted by molar-refractivity contribution is -0.137. The van der Waals surface area contributed by atoms with Crippen LogP contribution in [0.1, 0.15) is 11.1 Å². The molecule has 0 spiro atoms. The van der Waals surface area contributed by atoms with Crippen molar-refractivity contribution in [2.24, 2.45) is 0 Å². The molecule has 106 valence electrons. The van der Waals surface area contributed by atoms with E-state index in [-0.39, 0.29) is 16.9 Å². The highest BCUT2D eigenvalue weighted by Crippen LogP contribution is 2.37. The molecule has 2 rings (SSSR count). The van der Waals surface area contributed by atoms with Gasteiger partial charge in [-0.05, 0) is 22.8 Å². The summed E-state index contributed by atoms with van der Waals surface area (Å²) < 4.78 is 58.8. The molecule has 0 heterocycles. The van der Waals surface area contributed by atoms with Crippen LogP contribution in [0, 0.1) is 0 Å². The molecule has 1 N–H and O–H groups in total. The third-order valence-electron chi connectivity index (χ3n) is 2.76. The third kappa shape index (κ3) is 3.46. The van der Waals surface area contributed by atoms with Gasteiger partial charge in [-0.2, -0.15) is 13.2 Å². The van der Waals surface area contributed by atoms with E-state index < -0.39 is 22.8 Å². The Morgan fingerprint density at radius 1 is 1.05 bits per heavy atom. The summed E-state index contributed by atoms with van der Waals surface area (Å²) >= 11 is -2.17. The number of benzene rings is 2. The summed E-state index contributed by atoms with van der Waals surface area (Å²) in [5, 5.41) is 0. The van der Waals surface area contributed by atoms with Crippen LogP contribution >= 0.6 is 0 Å². The molecule has 0 aromatic heterocycles. The van der Waals surface area contributed by atoms with Crippen molar-refractivity contribution < 1.29 is 21.9 Å². The van der Waals surface area contributed by atoms with E-state index in [0.717, 1.165) is 6.07 Å². The van der Waals surface area contributed by atoms with Gasteiger partial charge in [-0.1, -0.05) is 42.5 Å². The third-order valence-corrected chi connectivity index (χ3v) is 3.34. The van der Waals surface area contributed by atoms with Gasteiger partial charge in [0.2, 0.25) is 0 Å². The standard InChI is InChI=1S/C14H11F3O2S/c15-14(16,17)13-8-10(9-20(18)19)6-7-12(13)11-4-2-1-3-5-11/h1-8H,9H2,(H,18,19). The van der Waals surface area contributed by atoms with Crippen LogP contribution in [-0.4, -0.2) is 8.76 Å². The Morgan fingerprint density at radius 2 is 1.70 bits per heavy atom. The number of hydrogen-bond acceptors (Lipinski definition) is 1. The van der Waals surface area contributed by atoms with Crippen LogP contribution < -0.4 is 0 Å². The molecule has 0 saturated carbocycles. The van der Waals surface area contributed by atoms with Crippen LogP contribution in [0.3, 0.4) is 0 Å². The fourth-order valence-electron chi connectivity index (χ4n) is 1.93. The minimum atomic E-state index is -4.52. The summed E-state index contributed by atoms with van der Waals surface area (Å²) in [7, 11) is 0. The molecule has 6 heteroatoms. The van der Waals surface area contributed by atoms with E-state index in [1.165, 1.54) is 12.1 Å². The van der Waals surface area contributed by atoms with Gasteiger partial charge in [0.25, 0.3) is 0 Å². The monoisotopic (exact) mass is 300 g/mol. The van der Waals surface area contributed by atoms with Crippen molar-refractivity contribution in [2.45, 2.75) is 11.9 Å². The smallest absolute Gasteiger partial charge is 0.306 e. The predicted molar refractivity (Wildman–Crippen MR) is 71.4 cm³/mol. The fourth-order valence-corrected chi connectivity index (χ4v) is 2.39. The van der Waals surface area contributed by atoms with Crippen molar-refractivity contribution in [3.05, 3.63) is 59.7 Å². The number of hydrogen-bond donors (Lipinski definition) is 1. The zero-order chi connectivity index (χ0) is 14.8. The second-order valence-corrected chi connectivity index (χ2v) is 5.14. The number of alkyl halides is 3. The molecule has 0 radical (unpaired) electrons. The fraction of sp³-hybridized carbons (Fsp3) is 0.143. The first kappa shape index (κ1) is 14.7. The minimum Gasteiger partial charge on any atom is -0.306 e. The van der Waals surface area contributed by atoms with Crippen LogP contribution in [0.15, 0.2) is 48.5 Å². The van der Waals surface area contributed by atoms with Crippen LogP contribution in [0.25, 0.3) is 11.1 Å². The molecule has 1 atom stereocenters. The van der Waals surface area contributed by atoms with Crippen molar-refractivity contribution in [3.63, 3.8) is 0 Å². The van der Waals surface area contributed by atoms with E-state index in [4.69, 9.17) is 4.55 Å². The van der Waals surface area contributed by atoms with Gasteiger partial charge in [0.05, 0.1) is 11.3 Å². The molecule has 0 fully saturated rings. The van der Waals surface area contributed by atoms with Gasteiger partial charge in [0, 0.05) is 0 Å². The van der Waals surface area contributed by atoms with E-state index >= 15 is 0 Å². The minimum absolute atomic E-state index is 0.0607. The Labute approximate surface area is 116 Å². The Hall–Kier alpha value is -1.66. The van der Waals surface area contributed by atoms with Crippen LogP contribution in [0.4, 0.5) is 13.2 Å². The van der Waals surface area contributed by atoms with Crippen molar-refractivity contribution in [3.8, 4) is 11.1 Å². The van der Waals surface area contributed by atoms with Gasteiger partial charge in [0.15, 0.2) is 11.1 Å². The van der Waals surface area contributed by atoms with E-state index in [9.17, 15) is 17.4 Å². The molecule has 0 aliphatic carbocycles. The van der Waals surface area contributed by atoms with E-state index in [0.29, 0.717) is 5.56 Å². The molecular weight excluding hydrogens is 289 g/mol. The van der Waals surface area contributed by atoms with E-state index in [1.54, 1.807) is 30.3 Å². The topological polar surface area (TPSA) is 37.3 Å². The first-order chi connectivity index (χ1) is 9.38. The largest absolute Gasteiger partial charge is 0.417 e. The summed E-state index contributed by atoms with van der Waals surface area (Å²) in [5.74, 6) is -0.321. The molecule has 0 aliphatic rings. The molecule has 2 aromatic carbocycles. The Bertz CT molecular complexity index is 624. The molecule has 2 aromatic rings. The van der Waals surface area contributed by atoms with Crippen molar-refractivity contribution in [1.29, 1.82) is 0 Å². The van der Waals surface area contributed by atoms with Gasteiger partial charge in [0.1, 0.15) is 0 Å². The number of rotatable bonds is 3. The van der Waals surface area contributed by atoms with E-state index in [2.05, 4.69) is 0 Å². The Kier molecular flexibility index (Phi) is 4.25. The van der Waals surface area contributed by atoms with E-state index in [1.807, 2.05) is 0 Å². The molecule has 1 unspecified atom stereocenters. The molecule has 20 heavy (non-hydrogen) atoms. The predicted octanol–water partition coefficient (Wildman–Crippen LogP) is 4.09. The maximum absolute atomic E-state index is 13.1. The highest BCUT2D eigenvalue weighted by molar-refractivity contribution is 7.78. The lowest BCUT2D eigenvalue weighted by Gasteiger charge is -2.14. The molecule has 0 aliphatic heterocycles. The van der Waals surface area contributed by atoms with Gasteiger partial charge in [-0.25, -0.2) is 4.21 Å². The van der Waals surface area contributed by atoms with Gasteiger partial charge < -0.3 is 4.55 Å². The SMILES string of the molecule is O=S(O)Cc1ccc(-c2ccccc2)c(C(F)(F)F)c1. The summed E-state index contributed by atoms with van der Waals surface area (Å²) in [5.41, 5.74) is -0.105. The lowest BCUT2D eigenvalue weighted by atomic mass is 9.97. The molecule has 0 amide bonds. The normalized spacial score (nSPS) is 13.2. The van der Waals surface area contributed by atoms with Crippen LogP contribution in [0.5, 0.6) is 0 Å². The zero-order valence-corrected chi connectivity index (χ0v) is 11.0. The highest BCUT2D eigenvalue weighted by atomic mass is 32.2. The first-order valence-electron chi connectivity index (χ1n) is 5.71. The van der Waals surface area contributed by atoms with Crippen molar-refractivity contribution >= 4 is 11.1 Å². The Balaban J connectivity index is 2.55.